The normalized spacial score (nSPS) is 17.3. The van der Waals surface area contributed by atoms with Gasteiger partial charge in [0.2, 0.25) is 0 Å². The minimum atomic E-state index is -0.0703. The van der Waals surface area contributed by atoms with Crippen LogP contribution < -0.4 is 10.6 Å². The van der Waals surface area contributed by atoms with Crippen molar-refractivity contribution in [2.24, 2.45) is 0 Å². The molecular formula is C29H31N5OS. The third-order valence-corrected chi connectivity index (χ3v) is 7.14. The molecule has 2 aromatic heterocycles. The Balaban J connectivity index is 1.46. The summed E-state index contributed by atoms with van der Waals surface area (Å²) < 4.78 is 2.12. The number of nitrogens with one attached hydrogen (secondary N) is 2. The Morgan fingerprint density at radius 3 is 2.50 bits per heavy atom. The summed E-state index contributed by atoms with van der Waals surface area (Å²) in [6, 6.07) is 25.8. The maximum Gasteiger partial charge on any atom is 0.170 e. The number of phenolic OH excluding ortho intramolecular Hbond substituents is 1. The first-order valence-corrected chi connectivity index (χ1v) is 12.7. The average Bonchev–Trinajstić information content (AvgIpc) is 3.38. The molecule has 1 aliphatic rings. The fourth-order valence-electron chi connectivity index (χ4n) is 5.13. The molecule has 6 nitrogen and oxygen atoms in total. The molecule has 0 spiro atoms. The third kappa shape index (κ3) is 4.66. The second-order valence-electron chi connectivity index (χ2n) is 9.12. The molecule has 1 fully saturated rings. The molecule has 36 heavy (non-hydrogen) atoms. The molecule has 7 heteroatoms. The van der Waals surface area contributed by atoms with Crippen LogP contribution in [0.1, 0.15) is 41.1 Å². The molecule has 3 heterocycles. The zero-order valence-corrected chi connectivity index (χ0v) is 21.4. The summed E-state index contributed by atoms with van der Waals surface area (Å²) in [6.07, 6.45) is 2.76. The maximum atomic E-state index is 10.6. The standard InChI is InChI=1S/C29H31N5OS/c1-20-19-23(21(2)34(20)25-14-6-7-15-26(25)35)28-27(24-13-8-9-16-31-24)32-29(36)33(28)18-10-17-30-22-11-4-3-5-12-22/h3-9,11-16,19,27-28,30,35H,10,17-18H2,1-2H3,(H,32,36)/t27-,28-/m1/s1. The van der Waals surface area contributed by atoms with E-state index in [1.165, 1.54) is 5.56 Å². The van der Waals surface area contributed by atoms with E-state index in [2.05, 4.69) is 63.2 Å². The van der Waals surface area contributed by atoms with E-state index >= 15 is 0 Å². The van der Waals surface area contributed by atoms with Crippen LogP contribution in [0, 0.1) is 13.8 Å². The van der Waals surface area contributed by atoms with Crippen molar-refractivity contribution in [3.8, 4) is 11.4 Å². The predicted octanol–water partition coefficient (Wildman–Crippen LogP) is 5.67. The number of rotatable bonds is 8. The summed E-state index contributed by atoms with van der Waals surface area (Å²) in [5.74, 6) is 0.260. The SMILES string of the molecule is Cc1cc([C@@H]2[C@@H](c3ccccn3)NC(=S)N2CCCNc2ccccc2)c(C)n1-c1ccccc1O. The van der Waals surface area contributed by atoms with Gasteiger partial charge in [-0.05, 0) is 80.5 Å². The summed E-state index contributed by atoms with van der Waals surface area (Å²) in [5, 5.41) is 18.4. The monoisotopic (exact) mass is 497 g/mol. The number of anilines is 1. The number of aryl methyl sites for hydroxylation is 1. The van der Waals surface area contributed by atoms with Crippen molar-refractivity contribution >= 4 is 23.0 Å². The molecule has 0 saturated carbocycles. The number of hydrogen-bond acceptors (Lipinski definition) is 4. The lowest BCUT2D eigenvalue weighted by Crippen LogP contribution is -2.31. The van der Waals surface area contributed by atoms with Crippen molar-refractivity contribution in [1.29, 1.82) is 0 Å². The second kappa shape index (κ2) is 10.4. The van der Waals surface area contributed by atoms with Crippen LogP contribution in [0.4, 0.5) is 5.69 Å². The van der Waals surface area contributed by atoms with E-state index < -0.39 is 0 Å². The summed E-state index contributed by atoms with van der Waals surface area (Å²) in [5.41, 5.74) is 6.18. The highest BCUT2D eigenvalue weighted by molar-refractivity contribution is 7.80. The van der Waals surface area contributed by atoms with Crippen molar-refractivity contribution in [3.63, 3.8) is 0 Å². The van der Waals surface area contributed by atoms with Crippen LogP contribution in [0.3, 0.4) is 0 Å². The van der Waals surface area contributed by atoms with Crippen LogP contribution in [0.5, 0.6) is 5.75 Å². The molecule has 0 aliphatic carbocycles. The minimum absolute atomic E-state index is 0.0186. The van der Waals surface area contributed by atoms with E-state index in [0.29, 0.717) is 0 Å². The van der Waals surface area contributed by atoms with E-state index in [0.717, 1.165) is 53.1 Å². The van der Waals surface area contributed by atoms with Crippen LogP contribution >= 0.6 is 12.2 Å². The van der Waals surface area contributed by atoms with E-state index in [4.69, 9.17) is 12.2 Å². The molecule has 2 aromatic carbocycles. The van der Waals surface area contributed by atoms with Crippen molar-refractivity contribution in [1.82, 2.24) is 19.8 Å². The number of aromatic hydroxyl groups is 1. The van der Waals surface area contributed by atoms with Gasteiger partial charge in [0.25, 0.3) is 0 Å². The highest BCUT2D eigenvalue weighted by Gasteiger charge is 2.41. The molecule has 0 unspecified atom stereocenters. The lowest BCUT2D eigenvalue weighted by molar-refractivity contribution is 0.315. The lowest BCUT2D eigenvalue weighted by Gasteiger charge is -2.28. The fraction of sp³-hybridized carbons (Fsp3) is 0.241. The predicted molar refractivity (Wildman–Crippen MR) is 149 cm³/mol. The molecule has 4 aromatic rings. The van der Waals surface area contributed by atoms with Crippen molar-refractivity contribution in [2.75, 3.05) is 18.4 Å². The summed E-state index contributed by atoms with van der Waals surface area (Å²) in [4.78, 5) is 6.95. The van der Waals surface area contributed by atoms with Gasteiger partial charge < -0.3 is 25.2 Å². The molecular weight excluding hydrogens is 466 g/mol. The van der Waals surface area contributed by atoms with E-state index in [1.807, 2.05) is 54.7 Å². The Bertz CT molecular complexity index is 1340. The third-order valence-electron chi connectivity index (χ3n) is 6.79. The highest BCUT2D eigenvalue weighted by atomic mass is 32.1. The van der Waals surface area contributed by atoms with Gasteiger partial charge in [0.1, 0.15) is 5.75 Å². The van der Waals surface area contributed by atoms with E-state index in [9.17, 15) is 5.11 Å². The molecule has 184 valence electrons. The Morgan fingerprint density at radius 1 is 1.00 bits per heavy atom. The number of hydrogen-bond donors (Lipinski definition) is 3. The zero-order valence-electron chi connectivity index (χ0n) is 20.6. The molecule has 2 atom stereocenters. The van der Waals surface area contributed by atoms with Gasteiger partial charge in [-0.3, -0.25) is 4.98 Å². The minimum Gasteiger partial charge on any atom is -0.506 e. The topological polar surface area (TPSA) is 65.4 Å². The second-order valence-corrected chi connectivity index (χ2v) is 9.50. The first-order chi connectivity index (χ1) is 17.5. The Hall–Kier alpha value is -3.84. The first-order valence-electron chi connectivity index (χ1n) is 12.3. The molecule has 0 bridgehead atoms. The smallest absolute Gasteiger partial charge is 0.170 e. The van der Waals surface area contributed by atoms with Gasteiger partial charge in [0.05, 0.1) is 23.5 Å². The molecule has 1 saturated heterocycles. The number of aromatic nitrogens is 2. The highest BCUT2D eigenvalue weighted by Crippen LogP contribution is 2.42. The Labute approximate surface area is 217 Å². The summed E-state index contributed by atoms with van der Waals surface area (Å²) >= 11 is 5.85. The van der Waals surface area contributed by atoms with Gasteiger partial charge >= 0.3 is 0 Å². The van der Waals surface area contributed by atoms with Crippen LogP contribution in [-0.2, 0) is 0 Å². The van der Waals surface area contributed by atoms with Crippen LogP contribution in [0.2, 0.25) is 0 Å². The number of phenols is 1. The van der Waals surface area contributed by atoms with Gasteiger partial charge in [0, 0.05) is 36.4 Å². The van der Waals surface area contributed by atoms with Crippen LogP contribution in [-0.4, -0.2) is 37.8 Å². The van der Waals surface area contributed by atoms with Crippen LogP contribution in [0.25, 0.3) is 5.69 Å². The van der Waals surface area contributed by atoms with Crippen molar-refractivity contribution in [3.05, 3.63) is 108 Å². The quantitative estimate of drug-likeness (QED) is 0.215. The zero-order chi connectivity index (χ0) is 25.1. The van der Waals surface area contributed by atoms with Gasteiger partial charge in [-0.1, -0.05) is 36.4 Å². The summed E-state index contributed by atoms with van der Waals surface area (Å²) in [7, 11) is 0. The van der Waals surface area contributed by atoms with Gasteiger partial charge in [-0.2, -0.15) is 0 Å². The van der Waals surface area contributed by atoms with E-state index in [1.54, 1.807) is 6.07 Å². The lowest BCUT2D eigenvalue weighted by atomic mass is 9.96. The van der Waals surface area contributed by atoms with Crippen molar-refractivity contribution < 1.29 is 5.11 Å². The van der Waals surface area contributed by atoms with Gasteiger partial charge in [-0.15, -0.1) is 0 Å². The Kier molecular flexibility index (Phi) is 6.91. The number of pyridine rings is 1. The Morgan fingerprint density at radius 2 is 1.75 bits per heavy atom. The van der Waals surface area contributed by atoms with Gasteiger partial charge in [-0.25, -0.2) is 0 Å². The van der Waals surface area contributed by atoms with Crippen molar-refractivity contribution in [2.45, 2.75) is 32.4 Å². The average molecular weight is 498 g/mol. The number of benzene rings is 2. The fourth-order valence-corrected chi connectivity index (χ4v) is 5.47. The number of thiocarbonyl (C=S) groups is 1. The molecule has 1 aliphatic heterocycles. The summed E-state index contributed by atoms with van der Waals surface area (Å²) in [6.45, 7) is 5.84. The first kappa shape index (κ1) is 23.9. The number of nitrogens with zero attached hydrogens (tertiary/aromatic N) is 3. The molecule has 0 amide bonds. The van der Waals surface area contributed by atoms with Gasteiger partial charge in [0.15, 0.2) is 5.11 Å². The van der Waals surface area contributed by atoms with E-state index in [-0.39, 0.29) is 17.8 Å². The molecule has 3 N–H and O–H groups in total. The maximum absolute atomic E-state index is 10.6. The molecule has 0 radical (unpaired) electrons. The largest absolute Gasteiger partial charge is 0.506 e. The molecule has 5 rings (SSSR count). The number of para-hydroxylation sites is 3. The van der Waals surface area contributed by atoms with Crippen LogP contribution in [0.15, 0.2) is 85.1 Å².